The van der Waals surface area contributed by atoms with Crippen LogP contribution in [-0.4, -0.2) is 55.3 Å². The molecule has 0 unspecified atom stereocenters. The Balaban J connectivity index is 1.30. The molecule has 3 aliphatic rings. The summed E-state index contributed by atoms with van der Waals surface area (Å²) in [5.74, 6) is -0.419. The number of esters is 1. The van der Waals surface area contributed by atoms with Gasteiger partial charge in [-0.3, -0.25) is 9.59 Å². The van der Waals surface area contributed by atoms with E-state index in [0.717, 1.165) is 62.9 Å². The van der Waals surface area contributed by atoms with Crippen LogP contribution in [0, 0.1) is 17.1 Å². The molecule has 190 valence electrons. The molecule has 1 aliphatic carbocycles. The fraction of sp³-hybridized carbons (Fsp3) is 0.483. The average Bonchev–Trinajstić information content (AvgIpc) is 3.21. The van der Waals surface area contributed by atoms with Crippen LogP contribution in [0.15, 0.2) is 42.5 Å². The maximum atomic E-state index is 14.4. The van der Waals surface area contributed by atoms with Gasteiger partial charge in [-0.25, -0.2) is 4.39 Å². The van der Waals surface area contributed by atoms with Gasteiger partial charge in [0.2, 0.25) is 0 Å². The zero-order valence-corrected chi connectivity index (χ0v) is 20.8. The van der Waals surface area contributed by atoms with Gasteiger partial charge in [0.15, 0.2) is 0 Å². The Bertz CT molecular complexity index is 1150. The van der Waals surface area contributed by atoms with Crippen molar-refractivity contribution in [2.24, 2.45) is 5.92 Å². The zero-order valence-electron chi connectivity index (χ0n) is 20.8. The van der Waals surface area contributed by atoms with Gasteiger partial charge in [-0.05, 0) is 100.0 Å². The van der Waals surface area contributed by atoms with E-state index in [2.05, 4.69) is 4.90 Å². The molecule has 0 radical (unpaired) electrons. The van der Waals surface area contributed by atoms with Crippen LogP contribution in [0.4, 0.5) is 10.1 Å². The molecule has 1 spiro atoms. The molecular weight excluding hydrogens is 457 g/mol. The molecule has 2 aromatic carbocycles. The number of benzene rings is 2. The van der Waals surface area contributed by atoms with Gasteiger partial charge in [-0.2, -0.15) is 0 Å². The summed E-state index contributed by atoms with van der Waals surface area (Å²) in [6.45, 7) is 4.62. The third-order valence-electron chi connectivity index (χ3n) is 8.42. The molecule has 1 saturated heterocycles. The third-order valence-corrected chi connectivity index (χ3v) is 8.42. The monoisotopic (exact) mass is 491 g/mol. The standard InChI is InChI=1S/C29H34FN3O3/c1-2-36-28(35)21-6-9-24(10-7-21)32-14-12-29(13-15-32)19-33(26-11-8-23(30)17-25(26)29)27(34)22-5-3-4-20(16-22)18-31/h3-5,8,11,16-18,21,24,31H,2,6-7,9-10,12-15,19H2,1H3. The minimum absolute atomic E-state index is 0.0211. The Morgan fingerprint density at radius 2 is 1.86 bits per heavy atom. The van der Waals surface area contributed by atoms with E-state index >= 15 is 0 Å². The Hall–Kier alpha value is -3.06. The topological polar surface area (TPSA) is 73.7 Å². The first-order chi connectivity index (χ1) is 17.4. The molecule has 0 aromatic heterocycles. The average molecular weight is 492 g/mol. The Morgan fingerprint density at radius 3 is 2.56 bits per heavy atom. The van der Waals surface area contributed by atoms with Gasteiger partial charge in [0.1, 0.15) is 5.82 Å². The van der Waals surface area contributed by atoms with Crippen LogP contribution in [0.5, 0.6) is 0 Å². The highest BCUT2D eigenvalue weighted by Crippen LogP contribution is 2.48. The first kappa shape index (κ1) is 24.6. The number of carbonyl (C=O) groups is 2. The second-order valence-corrected chi connectivity index (χ2v) is 10.4. The predicted octanol–water partition coefficient (Wildman–Crippen LogP) is 4.94. The third kappa shape index (κ3) is 4.57. The summed E-state index contributed by atoms with van der Waals surface area (Å²) in [5, 5.41) is 7.52. The van der Waals surface area contributed by atoms with E-state index < -0.39 is 0 Å². The number of carbonyl (C=O) groups excluding carboxylic acids is 2. The van der Waals surface area contributed by atoms with Crippen LogP contribution in [0.1, 0.15) is 66.9 Å². The van der Waals surface area contributed by atoms with Crippen LogP contribution in [0.3, 0.4) is 0 Å². The lowest BCUT2D eigenvalue weighted by Gasteiger charge is -2.44. The quantitative estimate of drug-likeness (QED) is 0.475. The van der Waals surface area contributed by atoms with E-state index in [1.807, 2.05) is 6.92 Å². The van der Waals surface area contributed by atoms with E-state index in [9.17, 15) is 14.0 Å². The number of rotatable bonds is 5. The van der Waals surface area contributed by atoms with Crippen LogP contribution in [0.2, 0.25) is 0 Å². The van der Waals surface area contributed by atoms with Crippen molar-refractivity contribution in [2.75, 3.05) is 31.1 Å². The molecule has 5 rings (SSSR count). The molecule has 1 saturated carbocycles. The van der Waals surface area contributed by atoms with Crippen LogP contribution < -0.4 is 4.90 Å². The molecule has 2 aromatic rings. The minimum atomic E-state index is -0.270. The van der Waals surface area contributed by atoms with Crippen molar-refractivity contribution < 1.29 is 18.7 Å². The van der Waals surface area contributed by atoms with Crippen LogP contribution >= 0.6 is 0 Å². The van der Waals surface area contributed by atoms with E-state index in [0.29, 0.717) is 30.3 Å². The maximum Gasteiger partial charge on any atom is 0.308 e. The van der Waals surface area contributed by atoms with E-state index in [1.54, 1.807) is 41.3 Å². The summed E-state index contributed by atoms with van der Waals surface area (Å²) in [4.78, 5) is 30.0. The SMILES string of the molecule is CCOC(=O)C1CCC(N2CCC3(CC2)CN(C(=O)c2cccc(C=N)c2)c2ccc(F)cc23)CC1. The predicted molar refractivity (Wildman–Crippen MR) is 137 cm³/mol. The van der Waals surface area contributed by atoms with Crippen molar-refractivity contribution >= 4 is 23.8 Å². The van der Waals surface area contributed by atoms with Crippen molar-refractivity contribution in [1.82, 2.24) is 4.90 Å². The van der Waals surface area contributed by atoms with Crippen LogP contribution in [-0.2, 0) is 14.9 Å². The Labute approximate surface area is 211 Å². The van der Waals surface area contributed by atoms with Gasteiger partial charge in [0, 0.05) is 35.5 Å². The minimum Gasteiger partial charge on any atom is -0.466 e. The molecule has 7 heteroatoms. The van der Waals surface area contributed by atoms with Crippen molar-refractivity contribution in [1.29, 1.82) is 5.41 Å². The molecule has 1 amide bonds. The van der Waals surface area contributed by atoms with E-state index in [1.165, 1.54) is 12.3 Å². The molecule has 2 aliphatic heterocycles. The van der Waals surface area contributed by atoms with Gasteiger partial charge in [0.05, 0.1) is 12.5 Å². The molecule has 1 N–H and O–H groups in total. The summed E-state index contributed by atoms with van der Waals surface area (Å²) in [5.41, 5.74) is 2.69. The number of nitrogens with zero attached hydrogens (tertiary/aromatic N) is 2. The lowest BCUT2D eigenvalue weighted by atomic mass is 9.73. The van der Waals surface area contributed by atoms with E-state index in [-0.39, 0.29) is 29.0 Å². The molecule has 2 fully saturated rings. The summed E-state index contributed by atoms with van der Waals surface area (Å²) >= 11 is 0. The second-order valence-electron chi connectivity index (χ2n) is 10.4. The summed E-state index contributed by atoms with van der Waals surface area (Å²) in [7, 11) is 0. The normalized spacial score (nSPS) is 23.3. The summed E-state index contributed by atoms with van der Waals surface area (Å²) < 4.78 is 19.6. The van der Waals surface area contributed by atoms with Crippen LogP contribution in [0.25, 0.3) is 0 Å². The maximum absolute atomic E-state index is 14.4. The van der Waals surface area contributed by atoms with Gasteiger partial charge < -0.3 is 19.9 Å². The smallest absolute Gasteiger partial charge is 0.308 e. The fourth-order valence-corrected chi connectivity index (χ4v) is 6.42. The van der Waals surface area contributed by atoms with Crippen molar-refractivity contribution in [3.05, 3.63) is 65.0 Å². The van der Waals surface area contributed by atoms with Crippen molar-refractivity contribution in [2.45, 2.75) is 56.9 Å². The molecule has 0 atom stereocenters. The second kappa shape index (κ2) is 10.1. The number of hydrogen-bond acceptors (Lipinski definition) is 5. The van der Waals surface area contributed by atoms with Gasteiger partial charge in [-0.1, -0.05) is 12.1 Å². The Kier molecular flexibility index (Phi) is 6.93. The number of fused-ring (bicyclic) bond motifs is 2. The highest BCUT2D eigenvalue weighted by molar-refractivity contribution is 6.08. The van der Waals surface area contributed by atoms with Crippen molar-refractivity contribution in [3.8, 4) is 0 Å². The van der Waals surface area contributed by atoms with E-state index in [4.69, 9.17) is 10.1 Å². The highest BCUT2D eigenvalue weighted by atomic mass is 19.1. The fourth-order valence-electron chi connectivity index (χ4n) is 6.42. The van der Waals surface area contributed by atoms with Gasteiger partial charge in [-0.15, -0.1) is 0 Å². The number of anilines is 1. The first-order valence-electron chi connectivity index (χ1n) is 13.1. The summed E-state index contributed by atoms with van der Waals surface area (Å²) in [6.07, 6.45) is 6.70. The molecule has 0 bridgehead atoms. The zero-order chi connectivity index (χ0) is 25.3. The number of halogens is 1. The lowest BCUT2D eigenvalue weighted by Crippen LogP contribution is -2.50. The summed E-state index contributed by atoms with van der Waals surface area (Å²) in [6, 6.07) is 12.4. The number of hydrogen-bond donors (Lipinski definition) is 1. The molecule has 6 nitrogen and oxygen atoms in total. The number of nitrogens with one attached hydrogen (secondary N) is 1. The first-order valence-corrected chi connectivity index (χ1v) is 13.1. The lowest BCUT2D eigenvalue weighted by molar-refractivity contribution is -0.149. The highest BCUT2D eigenvalue weighted by Gasteiger charge is 2.47. The number of amides is 1. The Morgan fingerprint density at radius 1 is 1.11 bits per heavy atom. The number of ether oxygens (including phenoxy) is 1. The largest absolute Gasteiger partial charge is 0.466 e. The van der Waals surface area contributed by atoms with Gasteiger partial charge >= 0.3 is 5.97 Å². The molecular formula is C29H34FN3O3. The molecule has 36 heavy (non-hydrogen) atoms. The number of piperidine rings is 1. The van der Waals surface area contributed by atoms with Crippen molar-refractivity contribution in [3.63, 3.8) is 0 Å². The molecule has 2 heterocycles. The van der Waals surface area contributed by atoms with Gasteiger partial charge in [0.25, 0.3) is 5.91 Å². The number of likely N-dealkylation sites (tertiary alicyclic amines) is 1.